The Bertz CT molecular complexity index is 351. The predicted octanol–water partition coefficient (Wildman–Crippen LogP) is 3.78. The third kappa shape index (κ3) is 3.58. The van der Waals surface area contributed by atoms with Gasteiger partial charge in [-0.1, -0.05) is 25.3 Å². The van der Waals surface area contributed by atoms with E-state index in [-0.39, 0.29) is 5.82 Å². The zero-order valence-corrected chi connectivity index (χ0v) is 8.92. The van der Waals surface area contributed by atoms with Crippen molar-refractivity contribution in [2.75, 3.05) is 6.61 Å². The first-order chi connectivity index (χ1) is 7.13. The molecule has 15 heavy (non-hydrogen) atoms. The highest BCUT2D eigenvalue weighted by Gasteiger charge is 2.02. The molecule has 0 unspecified atom stereocenters. The first-order valence-corrected chi connectivity index (χ1v) is 4.87. The van der Waals surface area contributed by atoms with E-state index in [1.54, 1.807) is 12.1 Å². The van der Waals surface area contributed by atoms with Crippen LogP contribution in [0, 0.1) is 5.82 Å². The highest BCUT2D eigenvalue weighted by molar-refractivity contribution is 5.64. The van der Waals surface area contributed by atoms with Crippen LogP contribution in [0.2, 0.25) is 0 Å². The van der Waals surface area contributed by atoms with Gasteiger partial charge in [-0.25, -0.2) is 4.39 Å². The smallest absolute Gasteiger partial charge is 0.123 e. The summed E-state index contributed by atoms with van der Waals surface area (Å²) in [6.45, 7) is 10.2. The van der Waals surface area contributed by atoms with E-state index in [2.05, 4.69) is 13.2 Å². The lowest BCUT2D eigenvalue weighted by Gasteiger charge is -2.09. The molecule has 0 saturated heterocycles. The van der Waals surface area contributed by atoms with Gasteiger partial charge >= 0.3 is 0 Å². The molecular weight excluding hydrogens is 191 g/mol. The number of allylic oxidation sites excluding steroid dienone is 1. The first kappa shape index (κ1) is 11.5. The van der Waals surface area contributed by atoms with Crippen molar-refractivity contribution in [2.24, 2.45) is 0 Å². The summed E-state index contributed by atoms with van der Waals surface area (Å²) < 4.78 is 17.9. The summed E-state index contributed by atoms with van der Waals surface area (Å²) in [6.07, 6.45) is 0.583. The molecule has 1 aromatic carbocycles. The molecule has 0 aliphatic carbocycles. The molecule has 1 aromatic rings. The second-order valence-electron chi connectivity index (χ2n) is 3.26. The largest absolute Gasteiger partial charge is 0.498 e. The minimum absolute atomic E-state index is 0.241. The Kier molecular flexibility index (Phi) is 4.10. The molecule has 0 aromatic heterocycles. The van der Waals surface area contributed by atoms with Gasteiger partial charge in [0.1, 0.15) is 5.82 Å². The van der Waals surface area contributed by atoms with E-state index >= 15 is 0 Å². The third-order valence-corrected chi connectivity index (χ3v) is 2.01. The molecule has 1 rings (SSSR count). The molecular formula is C13H15FO. The zero-order chi connectivity index (χ0) is 11.3. The highest BCUT2D eigenvalue weighted by atomic mass is 19.1. The maximum atomic E-state index is 12.7. The van der Waals surface area contributed by atoms with Gasteiger partial charge in [0.05, 0.1) is 12.4 Å². The molecule has 80 valence electrons. The summed E-state index contributed by atoms with van der Waals surface area (Å²) in [7, 11) is 0. The molecule has 2 heteroatoms. The number of ether oxygens (including phenoxy) is 1. The second kappa shape index (κ2) is 5.35. The predicted molar refractivity (Wildman–Crippen MR) is 60.8 cm³/mol. The van der Waals surface area contributed by atoms with Gasteiger partial charge in [-0.3, -0.25) is 0 Å². The van der Waals surface area contributed by atoms with Crippen molar-refractivity contribution in [3.63, 3.8) is 0 Å². The maximum absolute atomic E-state index is 12.7. The number of rotatable bonds is 5. The summed E-state index contributed by atoms with van der Waals surface area (Å²) in [4.78, 5) is 0. The second-order valence-corrected chi connectivity index (χ2v) is 3.26. The van der Waals surface area contributed by atoms with Gasteiger partial charge in [0.15, 0.2) is 0 Å². The quantitative estimate of drug-likeness (QED) is 0.666. The molecule has 0 bridgehead atoms. The van der Waals surface area contributed by atoms with Gasteiger partial charge < -0.3 is 4.74 Å². The highest BCUT2D eigenvalue weighted by Crippen LogP contribution is 2.20. The van der Waals surface area contributed by atoms with Crippen molar-refractivity contribution in [1.29, 1.82) is 0 Å². The van der Waals surface area contributed by atoms with Crippen LogP contribution < -0.4 is 0 Å². The molecule has 0 aliphatic rings. The van der Waals surface area contributed by atoms with Crippen molar-refractivity contribution in [3.05, 3.63) is 54.6 Å². The maximum Gasteiger partial charge on any atom is 0.123 e. The van der Waals surface area contributed by atoms with Crippen LogP contribution in [0.25, 0.3) is 5.57 Å². The summed E-state index contributed by atoms with van der Waals surface area (Å²) in [5.74, 6) is 0.446. The fourth-order valence-electron chi connectivity index (χ4n) is 1.28. The average Bonchev–Trinajstić information content (AvgIpc) is 2.18. The fourth-order valence-corrected chi connectivity index (χ4v) is 1.28. The van der Waals surface area contributed by atoms with E-state index < -0.39 is 0 Å². The molecule has 0 atom stereocenters. The van der Waals surface area contributed by atoms with Crippen molar-refractivity contribution in [2.45, 2.75) is 13.3 Å². The topological polar surface area (TPSA) is 9.23 Å². The summed E-state index contributed by atoms with van der Waals surface area (Å²) >= 11 is 0. The Labute approximate surface area is 89.9 Å². The number of hydrogen-bond acceptors (Lipinski definition) is 1. The molecule has 0 aliphatic heterocycles. The Morgan fingerprint density at radius 2 is 1.87 bits per heavy atom. The van der Waals surface area contributed by atoms with Crippen molar-refractivity contribution in [1.82, 2.24) is 0 Å². The van der Waals surface area contributed by atoms with E-state index in [9.17, 15) is 4.39 Å². The molecule has 0 heterocycles. The number of halogens is 1. The Morgan fingerprint density at radius 1 is 1.27 bits per heavy atom. The van der Waals surface area contributed by atoms with Gasteiger partial charge in [0.2, 0.25) is 0 Å². The van der Waals surface area contributed by atoms with Crippen LogP contribution in [0.4, 0.5) is 4.39 Å². The zero-order valence-electron chi connectivity index (χ0n) is 8.92. The fraction of sp³-hybridized carbons (Fsp3) is 0.231. The SMILES string of the molecule is C=C(CC(=C)c1ccc(F)cc1)OCC. The molecule has 0 N–H and O–H groups in total. The lowest BCUT2D eigenvalue weighted by atomic mass is 10.0. The van der Waals surface area contributed by atoms with E-state index in [1.165, 1.54) is 12.1 Å². The van der Waals surface area contributed by atoms with Gasteiger partial charge in [0.25, 0.3) is 0 Å². The van der Waals surface area contributed by atoms with Crippen molar-refractivity contribution in [3.8, 4) is 0 Å². The molecule has 1 nitrogen and oxygen atoms in total. The van der Waals surface area contributed by atoms with E-state index in [4.69, 9.17) is 4.74 Å². The summed E-state index contributed by atoms with van der Waals surface area (Å²) in [5, 5.41) is 0. The Hall–Kier alpha value is -1.57. The molecule has 0 spiro atoms. The number of hydrogen-bond donors (Lipinski definition) is 0. The van der Waals surface area contributed by atoms with Gasteiger partial charge in [-0.15, -0.1) is 0 Å². The van der Waals surface area contributed by atoms with E-state index in [0.717, 1.165) is 11.1 Å². The lowest BCUT2D eigenvalue weighted by Crippen LogP contribution is -1.92. The van der Waals surface area contributed by atoms with Gasteiger partial charge in [-0.2, -0.15) is 0 Å². The van der Waals surface area contributed by atoms with Crippen LogP contribution >= 0.6 is 0 Å². The van der Waals surface area contributed by atoms with Gasteiger partial charge in [-0.05, 0) is 30.2 Å². The standard InChI is InChI=1S/C13H15FO/c1-4-15-11(3)9-10(2)12-5-7-13(14)8-6-12/h5-8H,2-4,9H2,1H3. The van der Waals surface area contributed by atoms with Crippen molar-refractivity contribution >= 4 is 5.57 Å². The van der Waals surface area contributed by atoms with E-state index in [0.29, 0.717) is 18.8 Å². The lowest BCUT2D eigenvalue weighted by molar-refractivity contribution is 0.227. The van der Waals surface area contributed by atoms with E-state index in [1.807, 2.05) is 6.92 Å². The monoisotopic (exact) mass is 206 g/mol. The Morgan fingerprint density at radius 3 is 2.40 bits per heavy atom. The molecule has 0 fully saturated rings. The van der Waals surface area contributed by atoms with Crippen molar-refractivity contribution < 1.29 is 9.13 Å². The van der Waals surface area contributed by atoms with Crippen LogP contribution in [-0.4, -0.2) is 6.61 Å². The van der Waals surface area contributed by atoms with Crippen LogP contribution in [0.1, 0.15) is 18.9 Å². The molecule has 0 saturated carbocycles. The molecule has 0 amide bonds. The minimum atomic E-state index is -0.241. The summed E-state index contributed by atoms with van der Waals surface area (Å²) in [6, 6.07) is 6.25. The average molecular weight is 206 g/mol. The number of benzene rings is 1. The summed E-state index contributed by atoms with van der Waals surface area (Å²) in [5.41, 5.74) is 1.80. The van der Waals surface area contributed by atoms with Gasteiger partial charge in [0, 0.05) is 6.42 Å². The van der Waals surface area contributed by atoms with Crippen LogP contribution in [0.15, 0.2) is 43.2 Å². The van der Waals surface area contributed by atoms with Crippen LogP contribution in [0.5, 0.6) is 0 Å². The Balaban J connectivity index is 2.61. The normalized spacial score (nSPS) is 9.73. The van der Waals surface area contributed by atoms with Crippen LogP contribution in [-0.2, 0) is 4.74 Å². The molecule has 0 radical (unpaired) electrons. The third-order valence-electron chi connectivity index (χ3n) is 2.01. The minimum Gasteiger partial charge on any atom is -0.498 e. The van der Waals surface area contributed by atoms with Crippen LogP contribution in [0.3, 0.4) is 0 Å². The first-order valence-electron chi connectivity index (χ1n) is 4.87.